The van der Waals surface area contributed by atoms with Gasteiger partial charge in [0.1, 0.15) is 0 Å². The largest absolute Gasteiger partial charge is 0.452 e. The molecule has 25 heavy (non-hydrogen) atoms. The minimum Gasteiger partial charge on any atom is -0.427 e. The van der Waals surface area contributed by atoms with Gasteiger partial charge in [0.05, 0.1) is 0 Å². The van der Waals surface area contributed by atoms with Gasteiger partial charge in [-0.1, -0.05) is 6.92 Å². The fourth-order valence-corrected chi connectivity index (χ4v) is 0.293. The maximum Gasteiger partial charge on any atom is 0.452 e. The molecule has 0 aliphatic rings. The molecule has 0 unspecified atom stereocenters. The van der Waals surface area contributed by atoms with Crippen LogP contribution in [0.1, 0.15) is 19.1 Å². The van der Waals surface area contributed by atoms with Crippen molar-refractivity contribution >= 4 is 40.8 Å². The van der Waals surface area contributed by atoms with Crippen LogP contribution >= 0.6 is 0 Å². The zero-order valence-corrected chi connectivity index (χ0v) is 16.4. The van der Waals surface area contributed by atoms with Crippen molar-refractivity contribution in [1.29, 1.82) is 0 Å². The predicted octanol–water partition coefficient (Wildman–Crippen LogP) is -4.12. The van der Waals surface area contributed by atoms with Crippen molar-refractivity contribution < 1.29 is 15.8 Å². The third kappa shape index (κ3) is 238. The summed E-state index contributed by atoms with van der Waals surface area (Å²) in [7, 11) is 2.15. The lowest BCUT2D eigenvalue weighted by Gasteiger charge is -1.88. The van der Waals surface area contributed by atoms with E-state index in [0.717, 1.165) is 26.1 Å². The molecule has 14 heteroatoms. The van der Waals surface area contributed by atoms with Crippen LogP contribution in [0.15, 0.2) is 0 Å². The van der Waals surface area contributed by atoms with Gasteiger partial charge < -0.3 is 49.8 Å². The Morgan fingerprint density at radius 3 is 1.08 bits per heavy atom. The highest BCUT2D eigenvalue weighted by molar-refractivity contribution is 6.41. The van der Waals surface area contributed by atoms with Gasteiger partial charge in [0.15, 0.2) is 0 Å². The molecule has 15 N–H and O–H groups in total. The van der Waals surface area contributed by atoms with Crippen LogP contribution in [0.5, 0.6) is 0 Å². The Balaban J connectivity index is -0.00000000962. The second kappa shape index (κ2) is 88.3. The molecule has 0 heterocycles. The molecule has 0 rings (SSSR count). The van der Waals surface area contributed by atoms with E-state index < -0.39 is 7.12 Å². The topological polar surface area (TPSA) is 209 Å². The van der Waals surface area contributed by atoms with Crippen LogP contribution in [0.3, 0.4) is 0 Å². The summed E-state index contributed by atoms with van der Waals surface area (Å²) >= 11 is 0. The highest BCUT2D eigenvalue weighted by Gasteiger charge is 2.00. The van der Waals surface area contributed by atoms with Crippen molar-refractivity contribution in [1.82, 2.24) is 5.32 Å². The molecule has 0 aliphatic heterocycles. The number of nitrogens with one attached hydrogen (secondary N) is 1. The molecule has 154 valence electrons. The lowest BCUT2D eigenvalue weighted by Crippen LogP contribution is -2.17. The molecule has 0 saturated carbocycles. The molecule has 0 aromatic carbocycles. The first kappa shape index (κ1) is 56.3. The van der Waals surface area contributed by atoms with Gasteiger partial charge in [0.25, 0.3) is 0 Å². The molecule has 12 radical (unpaired) electrons. The molecule has 0 bridgehead atoms. The quantitative estimate of drug-likeness (QED) is 0.208. The summed E-state index contributed by atoms with van der Waals surface area (Å²) in [6.45, 7) is 6.05. The first-order valence-corrected chi connectivity index (χ1v) is 7.10. The molecule has 0 saturated heterocycles. The monoisotopic (exact) mass is 369 g/mol. The summed E-state index contributed by atoms with van der Waals surface area (Å²) in [6.07, 6.45) is 1.36. The van der Waals surface area contributed by atoms with Crippen molar-refractivity contribution in [2.24, 2.45) is 34.4 Å². The summed E-state index contributed by atoms with van der Waals surface area (Å²) in [5, 5.41) is 18.9. The Morgan fingerprint density at radius 2 is 1.08 bits per heavy atom. The van der Waals surface area contributed by atoms with Crippen LogP contribution in [-0.4, -0.2) is 104 Å². The van der Waals surface area contributed by atoms with E-state index in [1.165, 1.54) is 7.05 Å². The smallest absolute Gasteiger partial charge is 0.427 e. The van der Waals surface area contributed by atoms with E-state index in [4.69, 9.17) is 38.7 Å². The third-order valence-electron chi connectivity index (χ3n) is 1.27. The number of hydrogen-bond donors (Lipinski definition) is 9. The van der Waals surface area contributed by atoms with E-state index in [1.54, 1.807) is 0 Å². The summed E-state index contributed by atoms with van der Waals surface area (Å²) in [5.74, 6) is 0. The van der Waals surface area contributed by atoms with Crippen LogP contribution < -0.4 is 39.7 Å². The van der Waals surface area contributed by atoms with E-state index in [2.05, 4.69) is 18.0 Å². The highest BCUT2D eigenvalue weighted by Crippen LogP contribution is 1.74. The summed E-state index contributed by atoms with van der Waals surface area (Å²) < 4.78 is 0. The average molecular weight is 369 g/mol. The second-order valence-electron chi connectivity index (χ2n) is 3.32. The molecule has 0 aromatic rings. The molecule has 0 aromatic heterocycles. The molecular formula is C11H48B5N7O2. The Labute approximate surface area is 170 Å². The number of likely N-dealkylation sites (N-methyl/N-ethyl adjacent to an activating group) is 1. The number of rotatable bonds is 6. The van der Waals surface area contributed by atoms with Gasteiger partial charge in [0.2, 0.25) is 0 Å². The predicted molar refractivity (Wildman–Crippen MR) is 126 cm³/mol. The van der Waals surface area contributed by atoms with E-state index in [-0.39, 0.29) is 45.7 Å². The van der Waals surface area contributed by atoms with Gasteiger partial charge in [-0.05, 0) is 39.9 Å². The molecule has 0 amide bonds. The van der Waals surface area contributed by atoms with Crippen LogP contribution in [0.4, 0.5) is 0 Å². The second-order valence-corrected chi connectivity index (χ2v) is 3.32. The van der Waals surface area contributed by atoms with Gasteiger partial charge in [0, 0.05) is 65.5 Å². The highest BCUT2D eigenvalue weighted by atomic mass is 16.4. The van der Waals surface area contributed by atoms with Gasteiger partial charge >= 0.3 is 7.12 Å². The third-order valence-corrected chi connectivity index (χ3v) is 1.27. The zero-order chi connectivity index (χ0) is 17.9. The molecule has 0 atom stereocenters. The minimum atomic E-state index is -1.23. The van der Waals surface area contributed by atoms with Gasteiger partial charge in [-0.2, -0.15) is 0 Å². The Bertz CT molecular complexity index is 136. The van der Waals surface area contributed by atoms with E-state index >= 15 is 0 Å². The summed E-state index contributed by atoms with van der Waals surface area (Å²) in [5.41, 5.74) is 29.3. The molecule has 0 fully saturated rings. The number of nitrogens with two attached hydrogens (primary N) is 6. The fraction of sp³-hybridized carbons (Fsp3) is 1.00. The van der Waals surface area contributed by atoms with Crippen molar-refractivity contribution in [3.05, 3.63) is 0 Å². The maximum absolute atomic E-state index is 8.03. The van der Waals surface area contributed by atoms with Crippen LogP contribution in [0.25, 0.3) is 0 Å². The Kier molecular flexibility index (Phi) is 199. The minimum absolute atomic E-state index is 0. The molecule has 9 nitrogen and oxygen atoms in total. The lowest BCUT2D eigenvalue weighted by molar-refractivity contribution is 0.406. The molecule has 0 aliphatic carbocycles. The summed E-state index contributed by atoms with van der Waals surface area (Å²) in [4.78, 5) is 0. The summed E-state index contributed by atoms with van der Waals surface area (Å²) in [6, 6.07) is 0. The zero-order valence-electron chi connectivity index (χ0n) is 16.4. The van der Waals surface area contributed by atoms with Crippen molar-refractivity contribution in [2.75, 3.05) is 53.4 Å². The lowest BCUT2D eigenvalue weighted by atomic mass is 9.87. The Morgan fingerprint density at radius 1 is 0.760 bits per heavy atom. The van der Waals surface area contributed by atoms with E-state index in [0.29, 0.717) is 19.6 Å². The number of hydrogen-bond acceptors (Lipinski definition) is 9. The maximum atomic E-state index is 8.03. The van der Waals surface area contributed by atoms with E-state index in [9.17, 15) is 0 Å². The first-order valence-electron chi connectivity index (χ1n) is 7.10. The van der Waals surface area contributed by atoms with Crippen molar-refractivity contribution in [3.8, 4) is 0 Å². The van der Waals surface area contributed by atoms with Gasteiger partial charge in [-0.25, -0.2) is 0 Å². The standard InChI is InChI=1S/C3H10N2.C3H9N.C2H8BNO2.C2H8N2.CH5N.4B.4H2/c1-5-3-2-4;1-2-3-4;4-2-1-3(5)6;3-1-2-4;1-2;;;;;;;;/h5H,2-4H2,1H3;2-4H2,1H3;5-6H,1-2,4H2;1-4H2;2H2,1H3;;;;;4*1H/i;;;;;;;;;4*1+1. The SMILES string of the molecule is CCCN.CN.CNCCN.NCCB(O)O.NCCN.[2HH].[2HH].[2HH].[2HH].[B].[B].[B].[B]. The van der Waals surface area contributed by atoms with Crippen LogP contribution in [0, 0.1) is 0 Å². The Hall–Kier alpha value is -0.0353. The van der Waals surface area contributed by atoms with Crippen molar-refractivity contribution in [2.45, 2.75) is 19.7 Å². The van der Waals surface area contributed by atoms with Gasteiger partial charge in [-0.15, -0.1) is 0 Å². The van der Waals surface area contributed by atoms with Crippen molar-refractivity contribution in [3.63, 3.8) is 0 Å². The van der Waals surface area contributed by atoms with E-state index in [1.807, 2.05) is 7.05 Å². The average Bonchev–Trinajstić information content (AvgIpc) is 2.51. The van der Waals surface area contributed by atoms with Crippen LogP contribution in [-0.2, 0) is 0 Å². The molecule has 0 spiro atoms. The normalized spacial score (nSPS) is 6.36. The molecular weight excluding hydrogens is 316 g/mol. The van der Waals surface area contributed by atoms with Gasteiger partial charge in [-0.3, -0.25) is 0 Å². The van der Waals surface area contributed by atoms with Crippen LogP contribution in [0.2, 0.25) is 6.32 Å². The first-order chi connectivity index (χ1) is 10.0. The fourth-order valence-electron chi connectivity index (χ4n) is 0.293.